The van der Waals surface area contributed by atoms with E-state index in [0.717, 1.165) is 11.6 Å². The Bertz CT molecular complexity index is 319. The summed E-state index contributed by atoms with van der Waals surface area (Å²) in [5.74, 6) is 0. The molecule has 0 radical (unpaired) electrons. The number of anilines is 1. The standard InChI is InChI=1S/C10H11NS/c1-3-11-8(2)12-10-7-5-4-6-9(10)11/h4-7H,2-3H2,1H3. The molecule has 0 saturated carbocycles. The van der Waals surface area contributed by atoms with Crippen molar-refractivity contribution in [1.82, 2.24) is 0 Å². The Morgan fingerprint density at radius 1 is 1.42 bits per heavy atom. The fourth-order valence-corrected chi connectivity index (χ4v) is 2.45. The number of rotatable bonds is 1. The van der Waals surface area contributed by atoms with Crippen molar-refractivity contribution in [1.29, 1.82) is 0 Å². The van der Waals surface area contributed by atoms with Crippen molar-refractivity contribution in [3.05, 3.63) is 35.9 Å². The number of hydrogen-bond acceptors (Lipinski definition) is 2. The molecule has 0 N–H and O–H groups in total. The fraction of sp³-hybridized carbons (Fsp3) is 0.200. The molecule has 0 saturated heterocycles. The third-order valence-corrected chi connectivity index (χ3v) is 3.02. The molecule has 1 heterocycles. The molecule has 2 heteroatoms. The van der Waals surface area contributed by atoms with E-state index in [2.05, 4.69) is 42.7 Å². The topological polar surface area (TPSA) is 3.24 Å². The highest BCUT2D eigenvalue weighted by Gasteiger charge is 2.20. The second-order valence-corrected chi connectivity index (χ2v) is 3.82. The first-order chi connectivity index (χ1) is 5.83. The molecule has 1 nitrogen and oxygen atoms in total. The zero-order valence-electron chi connectivity index (χ0n) is 7.08. The second-order valence-electron chi connectivity index (χ2n) is 2.71. The van der Waals surface area contributed by atoms with Gasteiger partial charge in [-0.15, -0.1) is 0 Å². The predicted molar refractivity (Wildman–Crippen MR) is 54.5 cm³/mol. The maximum Gasteiger partial charge on any atom is 0.0728 e. The Morgan fingerprint density at radius 3 is 2.92 bits per heavy atom. The first-order valence-electron chi connectivity index (χ1n) is 4.06. The van der Waals surface area contributed by atoms with Gasteiger partial charge in [0, 0.05) is 11.4 Å². The van der Waals surface area contributed by atoms with E-state index in [1.807, 2.05) is 0 Å². The molecule has 0 aromatic heterocycles. The molecule has 0 spiro atoms. The van der Waals surface area contributed by atoms with Gasteiger partial charge in [-0.25, -0.2) is 0 Å². The van der Waals surface area contributed by atoms with Crippen molar-refractivity contribution < 1.29 is 0 Å². The van der Waals surface area contributed by atoms with E-state index in [1.54, 1.807) is 11.8 Å². The van der Waals surface area contributed by atoms with Crippen LogP contribution < -0.4 is 4.90 Å². The maximum atomic E-state index is 4.01. The van der Waals surface area contributed by atoms with Crippen LogP contribution in [-0.2, 0) is 0 Å². The van der Waals surface area contributed by atoms with Crippen molar-refractivity contribution in [2.24, 2.45) is 0 Å². The molecule has 0 unspecified atom stereocenters. The molecule has 0 amide bonds. The van der Waals surface area contributed by atoms with Crippen molar-refractivity contribution in [3.8, 4) is 0 Å². The zero-order chi connectivity index (χ0) is 8.55. The Hall–Kier alpha value is -0.890. The third kappa shape index (κ3) is 1.03. The quantitative estimate of drug-likeness (QED) is 0.648. The van der Waals surface area contributed by atoms with Crippen LogP contribution in [0, 0.1) is 0 Å². The average Bonchev–Trinajstić information content (AvgIpc) is 2.40. The van der Waals surface area contributed by atoms with Crippen LogP contribution in [-0.4, -0.2) is 6.54 Å². The van der Waals surface area contributed by atoms with Gasteiger partial charge in [0.05, 0.1) is 10.7 Å². The SMILES string of the molecule is C=C1Sc2ccccc2N1CC. The van der Waals surface area contributed by atoms with Gasteiger partial charge in [0.25, 0.3) is 0 Å². The van der Waals surface area contributed by atoms with E-state index in [1.165, 1.54) is 10.6 Å². The minimum atomic E-state index is 1.00. The number of thioether (sulfide) groups is 1. The molecule has 12 heavy (non-hydrogen) atoms. The van der Waals surface area contributed by atoms with Gasteiger partial charge in [-0.1, -0.05) is 30.5 Å². The highest BCUT2D eigenvalue weighted by molar-refractivity contribution is 8.03. The summed E-state index contributed by atoms with van der Waals surface area (Å²) in [7, 11) is 0. The van der Waals surface area contributed by atoms with Gasteiger partial charge >= 0.3 is 0 Å². The summed E-state index contributed by atoms with van der Waals surface area (Å²) in [6.45, 7) is 7.16. The summed E-state index contributed by atoms with van der Waals surface area (Å²) < 4.78 is 0. The smallest absolute Gasteiger partial charge is 0.0728 e. The summed E-state index contributed by atoms with van der Waals surface area (Å²) in [5, 5.41) is 1.14. The van der Waals surface area contributed by atoms with Gasteiger partial charge in [-0.05, 0) is 19.1 Å². The van der Waals surface area contributed by atoms with Gasteiger partial charge < -0.3 is 4.90 Å². The summed E-state index contributed by atoms with van der Waals surface area (Å²) in [4.78, 5) is 3.56. The first kappa shape index (κ1) is 7.74. The van der Waals surface area contributed by atoms with Gasteiger partial charge in [0.1, 0.15) is 0 Å². The van der Waals surface area contributed by atoms with Crippen LogP contribution in [0.5, 0.6) is 0 Å². The normalized spacial score (nSPS) is 15.1. The highest BCUT2D eigenvalue weighted by Crippen LogP contribution is 2.44. The molecule has 0 fully saturated rings. The van der Waals surface area contributed by atoms with Crippen LogP contribution in [0.2, 0.25) is 0 Å². The number of fused-ring (bicyclic) bond motifs is 1. The summed E-state index contributed by atoms with van der Waals surface area (Å²) in [6, 6.07) is 8.42. The molecule has 0 bridgehead atoms. The van der Waals surface area contributed by atoms with E-state index in [9.17, 15) is 0 Å². The molecule has 2 rings (SSSR count). The van der Waals surface area contributed by atoms with Crippen LogP contribution in [0.15, 0.2) is 40.8 Å². The van der Waals surface area contributed by atoms with Crippen LogP contribution >= 0.6 is 11.8 Å². The molecule has 1 aliphatic rings. The predicted octanol–water partition coefficient (Wildman–Crippen LogP) is 3.09. The molecular formula is C10H11NS. The lowest BCUT2D eigenvalue weighted by Crippen LogP contribution is -2.15. The maximum absolute atomic E-state index is 4.01. The van der Waals surface area contributed by atoms with Gasteiger partial charge in [0.2, 0.25) is 0 Å². The van der Waals surface area contributed by atoms with E-state index < -0.39 is 0 Å². The minimum Gasteiger partial charge on any atom is -0.336 e. The van der Waals surface area contributed by atoms with Crippen molar-refractivity contribution >= 4 is 17.4 Å². The first-order valence-corrected chi connectivity index (χ1v) is 4.88. The molecule has 1 aromatic rings. The minimum absolute atomic E-state index is 1.00. The molecule has 62 valence electrons. The number of benzene rings is 1. The Kier molecular flexibility index (Phi) is 1.85. The van der Waals surface area contributed by atoms with E-state index in [4.69, 9.17) is 0 Å². The van der Waals surface area contributed by atoms with E-state index in [-0.39, 0.29) is 0 Å². The van der Waals surface area contributed by atoms with E-state index >= 15 is 0 Å². The fourth-order valence-electron chi connectivity index (χ4n) is 1.43. The van der Waals surface area contributed by atoms with Crippen molar-refractivity contribution in [3.63, 3.8) is 0 Å². The number of nitrogens with zero attached hydrogens (tertiary/aromatic N) is 1. The largest absolute Gasteiger partial charge is 0.336 e. The summed E-state index contributed by atoms with van der Waals surface area (Å²) in [5.41, 5.74) is 1.30. The average molecular weight is 177 g/mol. The number of para-hydroxylation sites is 1. The molecule has 0 aliphatic carbocycles. The van der Waals surface area contributed by atoms with Gasteiger partial charge in [0.15, 0.2) is 0 Å². The Morgan fingerprint density at radius 2 is 2.17 bits per heavy atom. The van der Waals surface area contributed by atoms with E-state index in [0.29, 0.717) is 0 Å². The Balaban J connectivity index is 2.47. The van der Waals surface area contributed by atoms with Crippen LogP contribution in [0.25, 0.3) is 0 Å². The summed E-state index contributed by atoms with van der Waals surface area (Å²) in [6.07, 6.45) is 0. The van der Waals surface area contributed by atoms with Crippen LogP contribution in [0.1, 0.15) is 6.92 Å². The molecule has 1 aromatic carbocycles. The lowest BCUT2D eigenvalue weighted by molar-refractivity contribution is 1.01. The zero-order valence-corrected chi connectivity index (χ0v) is 7.90. The molecule has 1 aliphatic heterocycles. The second kappa shape index (κ2) is 2.87. The van der Waals surface area contributed by atoms with Gasteiger partial charge in [-0.2, -0.15) is 0 Å². The third-order valence-electron chi connectivity index (χ3n) is 2.00. The lowest BCUT2D eigenvalue weighted by Gasteiger charge is -2.16. The van der Waals surface area contributed by atoms with Crippen molar-refractivity contribution in [2.75, 3.05) is 11.4 Å². The van der Waals surface area contributed by atoms with Crippen LogP contribution in [0.4, 0.5) is 5.69 Å². The monoisotopic (exact) mass is 177 g/mol. The number of hydrogen-bond donors (Lipinski definition) is 0. The van der Waals surface area contributed by atoms with Crippen molar-refractivity contribution in [2.45, 2.75) is 11.8 Å². The lowest BCUT2D eigenvalue weighted by atomic mass is 10.3. The Labute approximate surface area is 77.1 Å². The van der Waals surface area contributed by atoms with Gasteiger partial charge in [-0.3, -0.25) is 0 Å². The summed E-state index contributed by atoms with van der Waals surface area (Å²) >= 11 is 1.76. The molecule has 0 atom stereocenters. The molecular weight excluding hydrogens is 166 g/mol. The van der Waals surface area contributed by atoms with Crippen LogP contribution in [0.3, 0.4) is 0 Å². The highest BCUT2D eigenvalue weighted by atomic mass is 32.2.